The van der Waals surface area contributed by atoms with Gasteiger partial charge in [0.15, 0.2) is 0 Å². The van der Waals surface area contributed by atoms with Gasteiger partial charge in [0.05, 0.1) is 10.5 Å². The molecule has 0 atom stereocenters. The molecule has 3 aromatic rings. The van der Waals surface area contributed by atoms with Gasteiger partial charge in [-0.15, -0.1) is 0 Å². The Morgan fingerprint density at radius 2 is 1.58 bits per heavy atom. The normalized spacial score (nSPS) is 18.3. The van der Waals surface area contributed by atoms with E-state index >= 15 is 0 Å². The quantitative estimate of drug-likeness (QED) is 0.252. The molecule has 0 unspecified atom stereocenters. The molecule has 1 aliphatic carbocycles. The molecule has 1 aliphatic rings. The van der Waals surface area contributed by atoms with E-state index in [-0.39, 0.29) is 9.92 Å². The van der Waals surface area contributed by atoms with Crippen LogP contribution in [0.25, 0.3) is 10.9 Å². The molecular weight excluding hydrogens is 496 g/mol. The summed E-state index contributed by atoms with van der Waals surface area (Å²) in [6.45, 7) is 2.74. The largest absolute Gasteiger partial charge is 0.369 e. The van der Waals surface area contributed by atoms with Gasteiger partial charge in [0, 0.05) is 25.0 Å². The van der Waals surface area contributed by atoms with Gasteiger partial charge in [0.2, 0.25) is 16.0 Å². The summed E-state index contributed by atoms with van der Waals surface area (Å²) in [6, 6.07) is 14.5. The highest BCUT2D eigenvalue weighted by Crippen LogP contribution is 2.30. The minimum atomic E-state index is -3.61. The fourth-order valence-corrected chi connectivity index (χ4v) is 6.24. The predicted octanol–water partition coefficient (Wildman–Crippen LogP) is 4.63. The number of fused-ring (bicyclic) bond motifs is 1. The van der Waals surface area contributed by atoms with E-state index in [1.165, 1.54) is 6.07 Å². The van der Waals surface area contributed by atoms with Crippen LogP contribution in [0.15, 0.2) is 53.4 Å². The van der Waals surface area contributed by atoms with Crippen LogP contribution in [0.1, 0.15) is 38.5 Å². The lowest BCUT2D eigenvalue weighted by molar-refractivity contribution is 0.284. The van der Waals surface area contributed by atoms with E-state index in [0.717, 1.165) is 68.3 Å². The van der Waals surface area contributed by atoms with E-state index < -0.39 is 10.0 Å². The van der Waals surface area contributed by atoms with Crippen molar-refractivity contribution in [1.82, 2.24) is 14.7 Å². The lowest BCUT2D eigenvalue weighted by Crippen LogP contribution is -2.32. The molecule has 1 aromatic heterocycles. The number of nitrogens with zero attached hydrogens (tertiary/aromatic N) is 2. The zero-order chi connectivity index (χ0) is 25.4. The van der Waals surface area contributed by atoms with Crippen LogP contribution in [-0.2, 0) is 10.0 Å². The number of benzene rings is 2. The zero-order valence-corrected chi connectivity index (χ0v) is 22.0. The maximum Gasteiger partial charge on any atom is 0.242 e. The molecule has 4 rings (SSSR count). The molecule has 10 heteroatoms. The van der Waals surface area contributed by atoms with Crippen LogP contribution in [0.3, 0.4) is 0 Å². The van der Waals surface area contributed by atoms with Gasteiger partial charge in [-0.2, -0.15) is 4.98 Å². The number of hydrogen-bond donors (Lipinski definition) is 4. The first kappa shape index (κ1) is 26.6. The Kier molecular flexibility index (Phi) is 9.36. The molecule has 1 saturated carbocycles. The standard InChI is InChI=1S/C26H35ClN6O2S/c27-22-8-2-4-10-24(22)36(34,35)31-18-20-13-11-19(12-14-20)17-30-26-32-23-9-3-1-7-21(23)25(33-26)29-16-6-5-15-28/h1-4,7-10,19-20,31H,5-6,11-18,28H2,(H2,29,30,32,33)/t19-,20-. The summed E-state index contributed by atoms with van der Waals surface area (Å²) in [6.07, 6.45) is 5.99. The van der Waals surface area contributed by atoms with Gasteiger partial charge in [-0.3, -0.25) is 0 Å². The van der Waals surface area contributed by atoms with Crippen molar-refractivity contribution < 1.29 is 8.42 Å². The summed E-state index contributed by atoms with van der Waals surface area (Å²) >= 11 is 6.07. The molecule has 2 aromatic carbocycles. The molecular formula is C26H35ClN6O2S. The van der Waals surface area contributed by atoms with Crippen LogP contribution in [0.5, 0.6) is 0 Å². The van der Waals surface area contributed by atoms with Gasteiger partial charge >= 0.3 is 0 Å². The molecule has 0 amide bonds. The van der Waals surface area contributed by atoms with Crippen molar-refractivity contribution in [2.75, 3.05) is 36.8 Å². The maximum atomic E-state index is 12.6. The number of nitrogens with two attached hydrogens (primary N) is 1. The molecule has 1 fully saturated rings. The van der Waals surface area contributed by atoms with Gasteiger partial charge in [-0.05, 0) is 81.2 Å². The molecule has 1 heterocycles. The average Bonchev–Trinajstić information content (AvgIpc) is 2.89. The Morgan fingerprint density at radius 1 is 0.889 bits per heavy atom. The summed E-state index contributed by atoms with van der Waals surface area (Å²) in [5.41, 5.74) is 6.52. The Bertz CT molecular complexity index is 1250. The average molecular weight is 531 g/mol. The number of halogens is 1. The van der Waals surface area contributed by atoms with Crippen molar-refractivity contribution in [2.45, 2.75) is 43.4 Å². The number of sulfonamides is 1. The second kappa shape index (κ2) is 12.7. The molecule has 8 nitrogen and oxygen atoms in total. The van der Waals surface area contributed by atoms with E-state index in [1.807, 2.05) is 24.3 Å². The van der Waals surface area contributed by atoms with Crippen LogP contribution in [0.4, 0.5) is 11.8 Å². The van der Waals surface area contributed by atoms with E-state index in [9.17, 15) is 8.42 Å². The van der Waals surface area contributed by atoms with Crippen LogP contribution in [-0.4, -0.2) is 44.6 Å². The second-order valence-electron chi connectivity index (χ2n) is 9.39. The maximum absolute atomic E-state index is 12.6. The number of anilines is 2. The second-order valence-corrected chi connectivity index (χ2v) is 11.5. The molecule has 0 aliphatic heterocycles. The first-order chi connectivity index (χ1) is 17.5. The number of hydrogen-bond acceptors (Lipinski definition) is 7. The summed E-state index contributed by atoms with van der Waals surface area (Å²) in [5, 5.41) is 8.13. The topological polar surface area (TPSA) is 122 Å². The van der Waals surface area contributed by atoms with E-state index in [4.69, 9.17) is 27.3 Å². The predicted molar refractivity (Wildman–Crippen MR) is 147 cm³/mol. The third-order valence-electron chi connectivity index (χ3n) is 6.73. The lowest BCUT2D eigenvalue weighted by atomic mass is 9.82. The third-order valence-corrected chi connectivity index (χ3v) is 8.65. The Labute approximate surface area is 218 Å². The number of nitrogens with one attached hydrogen (secondary N) is 3. The number of para-hydroxylation sites is 1. The van der Waals surface area contributed by atoms with E-state index in [2.05, 4.69) is 15.4 Å². The molecule has 0 radical (unpaired) electrons. The van der Waals surface area contributed by atoms with Crippen LogP contribution < -0.4 is 21.1 Å². The Morgan fingerprint density at radius 3 is 2.33 bits per heavy atom. The molecule has 36 heavy (non-hydrogen) atoms. The van der Waals surface area contributed by atoms with Gasteiger partial charge in [-0.25, -0.2) is 18.1 Å². The first-order valence-corrected chi connectivity index (χ1v) is 14.5. The summed E-state index contributed by atoms with van der Waals surface area (Å²) in [4.78, 5) is 9.57. The van der Waals surface area contributed by atoms with Crippen LogP contribution in [0.2, 0.25) is 5.02 Å². The van der Waals surface area contributed by atoms with Crippen molar-refractivity contribution in [3.63, 3.8) is 0 Å². The smallest absolute Gasteiger partial charge is 0.242 e. The van der Waals surface area contributed by atoms with Crippen molar-refractivity contribution >= 4 is 44.3 Å². The summed E-state index contributed by atoms with van der Waals surface area (Å²) in [7, 11) is -3.61. The number of unbranched alkanes of at least 4 members (excludes halogenated alkanes) is 1. The highest BCUT2D eigenvalue weighted by atomic mass is 35.5. The molecule has 0 spiro atoms. The zero-order valence-electron chi connectivity index (χ0n) is 20.4. The van der Waals surface area contributed by atoms with Gasteiger partial charge in [0.25, 0.3) is 0 Å². The molecule has 0 bridgehead atoms. The van der Waals surface area contributed by atoms with Crippen LogP contribution >= 0.6 is 11.6 Å². The Hall–Kier alpha value is -2.46. The van der Waals surface area contributed by atoms with Crippen LogP contribution in [0, 0.1) is 11.8 Å². The number of aromatic nitrogens is 2. The van der Waals surface area contributed by atoms with Crippen molar-refractivity contribution in [1.29, 1.82) is 0 Å². The lowest BCUT2D eigenvalue weighted by Gasteiger charge is -2.28. The minimum absolute atomic E-state index is 0.133. The molecule has 5 N–H and O–H groups in total. The molecule has 0 saturated heterocycles. The first-order valence-electron chi connectivity index (χ1n) is 12.6. The van der Waals surface area contributed by atoms with Crippen molar-refractivity contribution in [3.8, 4) is 0 Å². The SMILES string of the molecule is NCCCCNc1nc(NC[C@H]2CC[C@H](CNS(=O)(=O)c3ccccc3Cl)CC2)nc2ccccc12. The van der Waals surface area contributed by atoms with E-state index in [0.29, 0.717) is 30.9 Å². The Balaban J connectivity index is 1.28. The highest BCUT2D eigenvalue weighted by molar-refractivity contribution is 7.89. The molecule has 194 valence electrons. The highest BCUT2D eigenvalue weighted by Gasteiger charge is 2.24. The monoisotopic (exact) mass is 530 g/mol. The minimum Gasteiger partial charge on any atom is -0.369 e. The fourth-order valence-electron chi connectivity index (χ4n) is 4.61. The van der Waals surface area contributed by atoms with Gasteiger partial charge in [-0.1, -0.05) is 35.9 Å². The summed E-state index contributed by atoms with van der Waals surface area (Å²) < 4.78 is 28.0. The number of rotatable bonds is 12. The fraction of sp³-hybridized carbons (Fsp3) is 0.462. The van der Waals surface area contributed by atoms with Crippen molar-refractivity contribution in [2.24, 2.45) is 17.6 Å². The summed E-state index contributed by atoms with van der Waals surface area (Å²) in [5.74, 6) is 2.29. The van der Waals surface area contributed by atoms with Gasteiger partial charge < -0.3 is 16.4 Å². The third kappa shape index (κ3) is 7.06. The van der Waals surface area contributed by atoms with Crippen molar-refractivity contribution in [3.05, 3.63) is 53.6 Å². The van der Waals surface area contributed by atoms with Gasteiger partial charge in [0.1, 0.15) is 10.7 Å². The van der Waals surface area contributed by atoms with E-state index in [1.54, 1.807) is 18.2 Å².